The SMILES string of the molecule is C#CC(C)(C)NC(=O)/C(=C/C(=C\C)NC(=O)Cc1ccc(C(F)(F)F)cc1)N=C. The molecule has 0 aliphatic carbocycles. The number of hydrogen-bond donors (Lipinski definition) is 2. The molecule has 0 saturated heterocycles. The number of benzene rings is 1. The Labute approximate surface area is 167 Å². The molecule has 0 unspecified atom stereocenters. The Balaban J connectivity index is 2.85. The van der Waals surface area contributed by atoms with Gasteiger partial charge < -0.3 is 10.6 Å². The van der Waals surface area contributed by atoms with E-state index in [1.54, 1.807) is 20.8 Å². The van der Waals surface area contributed by atoms with Crippen LogP contribution in [-0.2, 0) is 22.2 Å². The molecule has 154 valence electrons. The van der Waals surface area contributed by atoms with Gasteiger partial charge in [0.2, 0.25) is 5.91 Å². The summed E-state index contributed by atoms with van der Waals surface area (Å²) < 4.78 is 37.8. The molecule has 0 saturated carbocycles. The summed E-state index contributed by atoms with van der Waals surface area (Å²) in [5.74, 6) is 1.37. The fourth-order valence-corrected chi connectivity index (χ4v) is 2.11. The van der Waals surface area contributed by atoms with Gasteiger partial charge in [-0.25, -0.2) is 0 Å². The lowest BCUT2D eigenvalue weighted by Crippen LogP contribution is -2.42. The number of halogens is 3. The first kappa shape index (κ1) is 23.7. The Morgan fingerprint density at radius 1 is 1.24 bits per heavy atom. The van der Waals surface area contributed by atoms with E-state index in [1.165, 1.54) is 24.3 Å². The van der Waals surface area contributed by atoms with Gasteiger partial charge in [-0.1, -0.05) is 24.1 Å². The average molecular weight is 405 g/mol. The molecule has 1 aromatic rings. The number of nitrogens with zero attached hydrogens (tertiary/aromatic N) is 1. The van der Waals surface area contributed by atoms with E-state index in [0.717, 1.165) is 12.1 Å². The number of nitrogens with one attached hydrogen (secondary N) is 2. The molecule has 0 spiro atoms. The van der Waals surface area contributed by atoms with Crippen molar-refractivity contribution in [1.29, 1.82) is 0 Å². The smallest absolute Gasteiger partial charge is 0.335 e. The highest BCUT2D eigenvalue weighted by atomic mass is 19.4. The van der Waals surface area contributed by atoms with Crippen molar-refractivity contribution < 1.29 is 22.8 Å². The maximum atomic E-state index is 12.6. The maximum absolute atomic E-state index is 12.6. The summed E-state index contributed by atoms with van der Waals surface area (Å²) in [6.07, 6.45) is 3.61. The first-order valence-corrected chi connectivity index (χ1v) is 8.53. The Bertz CT molecular complexity index is 874. The number of amides is 2. The van der Waals surface area contributed by atoms with Crippen molar-refractivity contribution in [2.24, 2.45) is 4.99 Å². The third-order valence-electron chi connectivity index (χ3n) is 3.72. The summed E-state index contributed by atoms with van der Waals surface area (Å²) >= 11 is 0. The van der Waals surface area contributed by atoms with Gasteiger partial charge in [-0.05, 0) is 51.3 Å². The molecule has 5 nitrogen and oxygen atoms in total. The van der Waals surface area contributed by atoms with Gasteiger partial charge in [0.05, 0.1) is 17.5 Å². The van der Waals surface area contributed by atoms with Crippen LogP contribution in [0.15, 0.2) is 52.8 Å². The topological polar surface area (TPSA) is 70.6 Å². The molecule has 0 heterocycles. The van der Waals surface area contributed by atoms with E-state index in [2.05, 4.69) is 28.3 Å². The fraction of sp³-hybridized carbons (Fsp3) is 0.286. The second-order valence-corrected chi connectivity index (χ2v) is 6.57. The second kappa shape index (κ2) is 9.73. The molecule has 0 aromatic heterocycles. The Kier molecular flexibility index (Phi) is 7.95. The minimum Gasteiger partial charge on any atom is -0.335 e. The zero-order valence-corrected chi connectivity index (χ0v) is 16.4. The Morgan fingerprint density at radius 2 is 1.83 bits per heavy atom. The first-order valence-electron chi connectivity index (χ1n) is 8.53. The number of alkyl halides is 3. The van der Waals surface area contributed by atoms with E-state index < -0.39 is 29.1 Å². The zero-order valence-electron chi connectivity index (χ0n) is 16.4. The van der Waals surface area contributed by atoms with Crippen molar-refractivity contribution in [3.8, 4) is 12.3 Å². The minimum absolute atomic E-state index is 0.0590. The molecule has 1 rings (SSSR count). The van der Waals surface area contributed by atoms with Crippen molar-refractivity contribution in [3.63, 3.8) is 0 Å². The molecular weight excluding hydrogens is 383 g/mol. The second-order valence-electron chi connectivity index (χ2n) is 6.57. The summed E-state index contributed by atoms with van der Waals surface area (Å²) in [5.41, 5.74) is -1.07. The van der Waals surface area contributed by atoms with Crippen LogP contribution in [0.2, 0.25) is 0 Å². The summed E-state index contributed by atoms with van der Waals surface area (Å²) in [7, 11) is 0. The van der Waals surface area contributed by atoms with E-state index in [-0.39, 0.29) is 17.8 Å². The third kappa shape index (κ3) is 7.66. The van der Waals surface area contributed by atoms with E-state index in [1.807, 2.05) is 0 Å². The van der Waals surface area contributed by atoms with E-state index in [4.69, 9.17) is 6.42 Å². The highest BCUT2D eigenvalue weighted by Crippen LogP contribution is 2.29. The van der Waals surface area contributed by atoms with Crippen LogP contribution in [0.1, 0.15) is 31.9 Å². The van der Waals surface area contributed by atoms with E-state index >= 15 is 0 Å². The largest absolute Gasteiger partial charge is 0.416 e. The van der Waals surface area contributed by atoms with Crippen LogP contribution in [-0.4, -0.2) is 24.1 Å². The molecule has 2 N–H and O–H groups in total. The van der Waals surface area contributed by atoms with Crippen LogP contribution in [0.25, 0.3) is 0 Å². The standard InChI is InChI=1S/C21H22F3N3O2/c1-6-16(13-17(25-5)19(29)27-20(3,4)7-2)26-18(28)12-14-8-10-15(11-9-14)21(22,23)24/h2,6,8-11,13H,5,12H2,1,3-4H3,(H,26,28)(H,27,29)/b16-6+,17-13-. The van der Waals surface area contributed by atoms with Gasteiger partial charge in [-0.15, -0.1) is 6.42 Å². The summed E-state index contributed by atoms with van der Waals surface area (Å²) in [6.45, 7) is 8.24. The van der Waals surface area contributed by atoms with Crippen LogP contribution >= 0.6 is 0 Å². The predicted molar refractivity (Wildman–Crippen MR) is 106 cm³/mol. The fourth-order valence-electron chi connectivity index (χ4n) is 2.11. The van der Waals surface area contributed by atoms with Crippen molar-refractivity contribution in [1.82, 2.24) is 10.6 Å². The molecule has 0 aliphatic heterocycles. The van der Waals surface area contributed by atoms with Crippen LogP contribution in [0.4, 0.5) is 13.2 Å². The molecule has 0 atom stereocenters. The van der Waals surface area contributed by atoms with E-state index in [0.29, 0.717) is 5.56 Å². The lowest BCUT2D eigenvalue weighted by molar-refractivity contribution is -0.137. The lowest BCUT2D eigenvalue weighted by atomic mass is 10.1. The van der Waals surface area contributed by atoms with Crippen LogP contribution in [0.3, 0.4) is 0 Å². The maximum Gasteiger partial charge on any atom is 0.416 e. The Hall–Kier alpha value is -3.34. The summed E-state index contributed by atoms with van der Waals surface area (Å²) in [5, 5.41) is 5.16. The van der Waals surface area contributed by atoms with Crippen LogP contribution in [0.5, 0.6) is 0 Å². The van der Waals surface area contributed by atoms with Crippen LogP contribution in [0, 0.1) is 12.3 Å². The van der Waals surface area contributed by atoms with Gasteiger partial charge in [0.15, 0.2) is 0 Å². The number of terminal acetylenes is 1. The molecule has 2 amide bonds. The quantitative estimate of drug-likeness (QED) is 0.316. The van der Waals surface area contributed by atoms with Crippen LogP contribution < -0.4 is 10.6 Å². The summed E-state index contributed by atoms with van der Waals surface area (Å²) in [4.78, 5) is 28.1. The molecule has 8 heteroatoms. The molecule has 29 heavy (non-hydrogen) atoms. The molecular formula is C21H22F3N3O2. The number of carbonyl (C=O) groups is 2. The van der Waals surface area contributed by atoms with E-state index in [9.17, 15) is 22.8 Å². The zero-order chi connectivity index (χ0) is 22.2. The molecule has 0 fully saturated rings. The number of carbonyl (C=O) groups excluding carboxylic acids is 2. The number of rotatable bonds is 7. The number of hydrogen-bond acceptors (Lipinski definition) is 3. The molecule has 0 aliphatic rings. The average Bonchev–Trinajstić information content (AvgIpc) is 2.64. The predicted octanol–water partition coefficient (Wildman–Crippen LogP) is 3.38. The Morgan fingerprint density at radius 3 is 2.28 bits per heavy atom. The molecule has 1 aromatic carbocycles. The van der Waals surface area contributed by atoms with Gasteiger partial charge in [0.1, 0.15) is 5.70 Å². The molecule has 0 radical (unpaired) electrons. The van der Waals surface area contributed by atoms with Crippen molar-refractivity contribution in [2.45, 2.75) is 38.9 Å². The van der Waals surface area contributed by atoms with Gasteiger partial charge >= 0.3 is 6.18 Å². The number of aliphatic imine (C=N–C) groups is 1. The van der Waals surface area contributed by atoms with Crippen molar-refractivity contribution in [2.75, 3.05) is 0 Å². The monoisotopic (exact) mass is 405 g/mol. The normalized spacial score (nSPS) is 12.7. The van der Waals surface area contributed by atoms with Crippen molar-refractivity contribution >= 4 is 18.5 Å². The highest BCUT2D eigenvalue weighted by molar-refractivity contribution is 5.95. The van der Waals surface area contributed by atoms with Gasteiger partial charge in [-0.2, -0.15) is 13.2 Å². The van der Waals surface area contributed by atoms with Gasteiger partial charge in [0.25, 0.3) is 5.91 Å². The first-order chi connectivity index (χ1) is 13.4. The number of allylic oxidation sites excluding steroid dienone is 2. The van der Waals surface area contributed by atoms with Gasteiger partial charge in [-0.3, -0.25) is 14.6 Å². The highest BCUT2D eigenvalue weighted by Gasteiger charge is 2.30. The molecule has 0 bridgehead atoms. The minimum atomic E-state index is -4.44. The lowest BCUT2D eigenvalue weighted by Gasteiger charge is -2.19. The van der Waals surface area contributed by atoms with Crippen molar-refractivity contribution in [3.05, 3.63) is 58.9 Å². The summed E-state index contributed by atoms with van der Waals surface area (Å²) in [6, 6.07) is 4.30. The third-order valence-corrected chi connectivity index (χ3v) is 3.72. The van der Waals surface area contributed by atoms with Gasteiger partial charge in [0, 0.05) is 5.70 Å².